The van der Waals surface area contributed by atoms with Crippen molar-refractivity contribution in [3.63, 3.8) is 0 Å². The molecule has 0 amide bonds. The third-order valence-corrected chi connectivity index (χ3v) is 2.94. The summed E-state index contributed by atoms with van der Waals surface area (Å²) >= 11 is 0. The van der Waals surface area contributed by atoms with Gasteiger partial charge in [0, 0.05) is 24.8 Å². The van der Waals surface area contributed by atoms with E-state index in [1.807, 2.05) is 37.1 Å². The molecule has 19 heavy (non-hydrogen) atoms. The van der Waals surface area contributed by atoms with Gasteiger partial charge in [-0.05, 0) is 30.7 Å². The summed E-state index contributed by atoms with van der Waals surface area (Å²) in [5.41, 5.74) is 2.27. The molecule has 0 aliphatic rings. The van der Waals surface area contributed by atoms with Crippen molar-refractivity contribution in [3.8, 4) is 0 Å². The number of aryl methyl sites for hydroxylation is 1. The second kappa shape index (κ2) is 5.80. The minimum Gasteiger partial charge on any atom is -0.392 e. The highest BCUT2D eigenvalue weighted by Gasteiger charge is 2.08. The predicted molar refractivity (Wildman–Crippen MR) is 73.4 cm³/mol. The van der Waals surface area contributed by atoms with Gasteiger partial charge in [0.2, 0.25) is 0 Å². The smallest absolute Gasteiger partial charge is 0.129 e. The van der Waals surface area contributed by atoms with Crippen molar-refractivity contribution in [2.24, 2.45) is 0 Å². The Bertz CT molecular complexity index is 572. The van der Waals surface area contributed by atoms with Crippen molar-refractivity contribution in [2.75, 3.05) is 11.9 Å². The van der Waals surface area contributed by atoms with Gasteiger partial charge in [0.1, 0.15) is 11.6 Å². The van der Waals surface area contributed by atoms with E-state index < -0.39 is 0 Å². The van der Waals surface area contributed by atoms with E-state index in [-0.39, 0.29) is 12.4 Å². The van der Waals surface area contributed by atoms with E-state index in [0.717, 1.165) is 17.1 Å². The van der Waals surface area contributed by atoms with Crippen LogP contribution < -0.4 is 4.90 Å². The number of hydrogen-bond acceptors (Lipinski definition) is 3. The zero-order chi connectivity index (χ0) is 13.8. The number of nitrogens with zero attached hydrogens (tertiary/aromatic N) is 2. The van der Waals surface area contributed by atoms with Crippen LogP contribution >= 0.6 is 0 Å². The van der Waals surface area contributed by atoms with Crippen molar-refractivity contribution < 1.29 is 9.50 Å². The molecule has 0 atom stereocenters. The lowest BCUT2D eigenvalue weighted by atomic mass is 10.2. The molecule has 1 N–H and O–H groups in total. The van der Waals surface area contributed by atoms with E-state index in [4.69, 9.17) is 0 Å². The summed E-state index contributed by atoms with van der Waals surface area (Å²) < 4.78 is 13.6. The first-order valence-corrected chi connectivity index (χ1v) is 6.13. The third kappa shape index (κ3) is 3.29. The van der Waals surface area contributed by atoms with Gasteiger partial charge in [-0.15, -0.1) is 0 Å². The van der Waals surface area contributed by atoms with Crippen LogP contribution in [0.2, 0.25) is 0 Å². The van der Waals surface area contributed by atoms with Crippen molar-refractivity contribution >= 4 is 5.82 Å². The number of hydrogen-bond donors (Lipinski definition) is 1. The molecule has 0 aliphatic heterocycles. The first-order chi connectivity index (χ1) is 9.10. The molecule has 2 aromatic rings. The molecule has 3 nitrogen and oxygen atoms in total. The number of rotatable bonds is 4. The Balaban J connectivity index is 2.22. The van der Waals surface area contributed by atoms with Crippen LogP contribution in [0.25, 0.3) is 0 Å². The van der Waals surface area contributed by atoms with Crippen LogP contribution in [0.3, 0.4) is 0 Å². The van der Waals surface area contributed by atoms with Gasteiger partial charge >= 0.3 is 0 Å². The Labute approximate surface area is 112 Å². The number of anilines is 1. The van der Waals surface area contributed by atoms with Gasteiger partial charge in [-0.1, -0.05) is 18.2 Å². The summed E-state index contributed by atoms with van der Waals surface area (Å²) in [7, 11) is 1.86. The second-order valence-corrected chi connectivity index (χ2v) is 4.58. The molecule has 4 heteroatoms. The van der Waals surface area contributed by atoms with Crippen LogP contribution in [0.1, 0.15) is 16.8 Å². The lowest BCUT2D eigenvalue weighted by molar-refractivity contribution is 0.281. The van der Waals surface area contributed by atoms with Gasteiger partial charge in [-0.3, -0.25) is 0 Å². The quantitative estimate of drug-likeness (QED) is 0.918. The van der Waals surface area contributed by atoms with Gasteiger partial charge in [0.25, 0.3) is 0 Å². The van der Waals surface area contributed by atoms with Crippen molar-refractivity contribution in [1.29, 1.82) is 0 Å². The highest BCUT2D eigenvalue weighted by molar-refractivity contribution is 5.42. The van der Waals surface area contributed by atoms with E-state index in [1.54, 1.807) is 12.1 Å². The molecule has 0 fully saturated rings. The maximum absolute atomic E-state index is 13.6. The number of aliphatic hydroxyl groups is 1. The van der Waals surface area contributed by atoms with Gasteiger partial charge in [0.15, 0.2) is 0 Å². The minimum atomic E-state index is -0.218. The Kier molecular flexibility index (Phi) is 4.12. The summed E-state index contributed by atoms with van der Waals surface area (Å²) in [4.78, 5) is 6.27. The predicted octanol–water partition coefficient (Wildman–Crippen LogP) is 2.66. The first kappa shape index (κ1) is 13.5. The zero-order valence-corrected chi connectivity index (χ0v) is 11.1. The molecule has 0 saturated heterocycles. The summed E-state index contributed by atoms with van der Waals surface area (Å²) in [5, 5.41) is 9.20. The maximum atomic E-state index is 13.6. The fourth-order valence-electron chi connectivity index (χ4n) is 1.97. The van der Waals surface area contributed by atoms with E-state index in [1.165, 1.54) is 6.07 Å². The molecule has 100 valence electrons. The number of pyridine rings is 1. The van der Waals surface area contributed by atoms with E-state index in [0.29, 0.717) is 12.1 Å². The Hall–Kier alpha value is -1.94. The van der Waals surface area contributed by atoms with Crippen LogP contribution in [0.15, 0.2) is 36.4 Å². The van der Waals surface area contributed by atoms with Crippen LogP contribution in [-0.2, 0) is 13.2 Å². The molecular weight excluding hydrogens is 243 g/mol. The molecule has 0 aliphatic carbocycles. The summed E-state index contributed by atoms with van der Waals surface area (Å²) in [6.07, 6.45) is 0. The summed E-state index contributed by atoms with van der Waals surface area (Å²) in [5.74, 6) is 0.511. The van der Waals surface area contributed by atoms with Crippen molar-refractivity contribution in [2.45, 2.75) is 20.1 Å². The van der Waals surface area contributed by atoms with Crippen LogP contribution in [0.5, 0.6) is 0 Å². The molecule has 1 heterocycles. The fourth-order valence-corrected chi connectivity index (χ4v) is 1.97. The average molecular weight is 260 g/mol. The standard InChI is InChI=1S/C15H17FN2O/c1-11-7-12(10-19)8-15(17-11)18(2)9-13-5-3-4-6-14(13)16/h3-8,19H,9-10H2,1-2H3. The zero-order valence-electron chi connectivity index (χ0n) is 11.1. The van der Waals surface area contributed by atoms with E-state index in [2.05, 4.69) is 4.98 Å². The van der Waals surface area contributed by atoms with Gasteiger partial charge in [-0.25, -0.2) is 9.37 Å². The van der Waals surface area contributed by atoms with Gasteiger partial charge in [-0.2, -0.15) is 0 Å². The number of halogens is 1. The van der Waals surface area contributed by atoms with E-state index >= 15 is 0 Å². The largest absolute Gasteiger partial charge is 0.392 e. The third-order valence-electron chi connectivity index (χ3n) is 2.94. The highest BCUT2D eigenvalue weighted by Crippen LogP contribution is 2.17. The van der Waals surface area contributed by atoms with Crippen LogP contribution in [0.4, 0.5) is 10.2 Å². The normalized spacial score (nSPS) is 10.5. The Morgan fingerprint density at radius 1 is 1.26 bits per heavy atom. The van der Waals surface area contributed by atoms with Crippen LogP contribution in [-0.4, -0.2) is 17.1 Å². The Morgan fingerprint density at radius 3 is 2.68 bits per heavy atom. The lowest BCUT2D eigenvalue weighted by Gasteiger charge is -2.19. The average Bonchev–Trinajstić information content (AvgIpc) is 2.40. The molecule has 2 rings (SSSR count). The molecule has 0 unspecified atom stereocenters. The monoisotopic (exact) mass is 260 g/mol. The molecule has 0 spiro atoms. The van der Waals surface area contributed by atoms with Crippen molar-refractivity contribution in [1.82, 2.24) is 4.98 Å². The van der Waals surface area contributed by atoms with Gasteiger partial charge < -0.3 is 10.0 Å². The molecule has 1 aromatic carbocycles. The van der Waals surface area contributed by atoms with Crippen LogP contribution in [0, 0.1) is 12.7 Å². The number of benzene rings is 1. The van der Waals surface area contributed by atoms with Crippen molar-refractivity contribution in [3.05, 3.63) is 59.0 Å². The molecule has 0 radical (unpaired) electrons. The lowest BCUT2D eigenvalue weighted by Crippen LogP contribution is -2.19. The second-order valence-electron chi connectivity index (χ2n) is 4.58. The first-order valence-electron chi connectivity index (χ1n) is 6.13. The highest BCUT2D eigenvalue weighted by atomic mass is 19.1. The SMILES string of the molecule is Cc1cc(CO)cc(N(C)Cc2ccccc2F)n1. The van der Waals surface area contributed by atoms with Gasteiger partial charge in [0.05, 0.1) is 6.61 Å². The minimum absolute atomic E-state index is 0.0239. The number of aromatic nitrogens is 1. The molecule has 0 bridgehead atoms. The topological polar surface area (TPSA) is 36.4 Å². The molecular formula is C15H17FN2O. The number of aliphatic hydroxyl groups excluding tert-OH is 1. The Morgan fingerprint density at radius 2 is 2.00 bits per heavy atom. The molecule has 0 saturated carbocycles. The summed E-state index contributed by atoms with van der Waals surface area (Å²) in [6, 6.07) is 10.3. The fraction of sp³-hybridized carbons (Fsp3) is 0.267. The molecule has 1 aromatic heterocycles. The maximum Gasteiger partial charge on any atom is 0.129 e. The van der Waals surface area contributed by atoms with E-state index in [9.17, 15) is 9.50 Å². The summed E-state index contributed by atoms with van der Waals surface area (Å²) in [6.45, 7) is 2.29.